The van der Waals surface area contributed by atoms with Gasteiger partial charge in [-0.15, -0.1) is 0 Å². The summed E-state index contributed by atoms with van der Waals surface area (Å²) >= 11 is 5.95. The standard InChI is InChI=1S/C14H15ClN2O2S/c1-14(2,11-7-9-16-10-8-11)17-20(18,19)13-6-4-3-5-12(13)15/h3-10,17H,1-2H3. The van der Waals surface area contributed by atoms with E-state index in [9.17, 15) is 8.42 Å². The minimum atomic E-state index is -3.70. The van der Waals surface area contributed by atoms with Gasteiger partial charge in [-0.1, -0.05) is 23.7 Å². The molecule has 20 heavy (non-hydrogen) atoms. The highest BCUT2D eigenvalue weighted by Crippen LogP contribution is 2.25. The third-order valence-corrected chi connectivity index (χ3v) is 5.07. The summed E-state index contributed by atoms with van der Waals surface area (Å²) in [6.45, 7) is 3.58. The van der Waals surface area contributed by atoms with Crippen molar-refractivity contribution in [1.29, 1.82) is 0 Å². The first-order chi connectivity index (χ1) is 9.33. The fourth-order valence-electron chi connectivity index (χ4n) is 1.88. The maximum absolute atomic E-state index is 12.4. The topological polar surface area (TPSA) is 59.1 Å². The molecule has 4 nitrogen and oxygen atoms in total. The van der Waals surface area contributed by atoms with Gasteiger partial charge < -0.3 is 0 Å². The predicted molar refractivity (Wildman–Crippen MR) is 79.0 cm³/mol. The number of pyridine rings is 1. The summed E-state index contributed by atoms with van der Waals surface area (Å²) < 4.78 is 27.5. The van der Waals surface area contributed by atoms with Crippen LogP contribution < -0.4 is 4.72 Å². The number of halogens is 1. The average Bonchev–Trinajstić information content (AvgIpc) is 2.39. The van der Waals surface area contributed by atoms with Gasteiger partial charge in [0.05, 0.1) is 10.6 Å². The van der Waals surface area contributed by atoms with E-state index in [-0.39, 0.29) is 9.92 Å². The number of hydrogen-bond donors (Lipinski definition) is 1. The predicted octanol–water partition coefficient (Wildman–Crippen LogP) is 2.95. The van der Waals surface area contributed by atoms with Gasteiger partial charge in [0.1, 0.15) is 4.90 Å². The van der Waals surface area contributed by atoms with E-state index in [4.69, 9.17) is 11.6 Å². The van der Waals surface area contributed by atoms with Crippen LogP contribution in [-0.4, -0.2) is 13.4 Å². The van der Waals surface area contributed by atoms with Gasteiger partial charge in [-0.05, 0) is 43.7 Å². The molecule has 0 aliphatic carbocycles. The molecule has 0 atom stereocenters. The van der Waals surface area contributed by atoms with E-state index in [1.54, 1.807) is 56.6 Å². The van der Waals surface area contributed by atoms with Crippen LogP contribution in [0.2, 0.25) is 5.02 Å². The van der Waals surface area contributed by atoms with Gasteiger partial charge in [-0.25, -0.2) is 13.1 Å². The van der Waals surface area contributed by atoms with E-state index < -0.39 is 15.6 Å². The van der Waals surface area contributed by atoms with Gasteiger partial charge in [0.25, 0.3) is 0 Å². The first-order valence-corrected chi connectivity index (χ1v) is 7.88. The van der Waals surface area contributed by atoms with E-state index >= 15 is 0 Å². The maximum atomic E-state index is 12.4. The quantitative estimate of drug-likeness (QED) is 0.944. The summed E-state index contributed by atoms with van der Waals surface area (Å²) in [6, 6.07) is 9.91. The molecule has 0 radical (unpaired) electrons. The van der Waals surface area contributed by atoms with Gasteiger partial charge in [0.15, 0.2) is 0 Å². The first-order valence-electron chi connectivity index (χ1n) is 6.02. The van der Waals surface area contributed by atoms with E-state index in [1.165, 1.54) is 6.07 Å². The van der Waals surface area contributed by atoms with Gasteiger partial charge in [-0.3, -0.25) is 4.98 Å². The molecule has 0 saturated carbocycles. The number of rotatable bonds is 4. The summed E-state index contributed by atoms with van der Waals surface area (Å²) in [5, 5.41) is 0.200. The Bertz CT molecular complexity index is 700. The Morgan fingerprint density at radius 1 is 1.10 bits per heavy atom. The molecule has 106 valence electrons. The molecule has 0 amide bonds. The second kappa shape index (κ2) is 5.52. The molecule has 0 saturated heterocycles. The van der Waals surface area contributed by atoms with Crippen molar-refractivity contribution in [2.75, 3.05) is 0 Å². The lowest BCUT2D eigenvalue weighted by atomic mass is 9.97. The fourth-order valence-corrected chi connectivity index (χ4v) is 3.80. The highest BCUT2D eigenvalue weighted by atomic mass is 35.5. The molecule has 0 unspecified atom stereocenters. The highest BCUT2D eigenvalue weighted by Gasteiger charge is 2.28. The molecular weight excluding hydrogens is 296 g/mol. The molecule has 0 bridgehead atoms. The molecule has 1 N–H and O–H groups in total. The van der Waals surface area contributed by atoms with Crippen molar-refractivity contribution in [1.82, 2.24) is 9.71 Å². The normalized spacial score (nSPS) is 12.3. The lowest BCUT2D eigenvalue weighted by molar-refractivity contribution is 0.471. The summed E-state index contributed by atoms with van der Waals surface area (Å²) in [4.78, 5) is 4.00. The molecule has 0 aliphatic rings. The second-order valence-corrected chi connectivity index (χ2v) is 6.95. The van der Waals surface area contributed by atoms with Crippen LogP contribution in [0.1, 0.15) is 19.4 Å². The molecule has 2 rings (SSSR count). The number of benzene rings is 1. The van der Waals surface area contributed by atoms with E-state index in [0.717, 1.165) is 5.56 Å². The number of nitrogens with one attached hydrogen (secondary N) is 1. The van der Waals surface area contributed by atoms with Gasteiger partial charge in [-0.2, -0.15) is 0 Å². The zero-order valence-electron chi connectivity index (χ0n) is 11.2. The Kier molecular flexibility index (Phi) is 4.13. The number of sulfonamides is 1. The Hall–Kier alpha value is -1.43. The number of hydrogen-bond acceptors (Lipinski definition) is 3. The summed E-state index contributed by atoms with van der Waals surface area (Å²) in [5.74, 6) is 0. The van der Waals surface area contributed by atoms with Crippen molar-refractivity contribution in [3.05, 3.63) is 59.4 Å². The van der Waals surface area contributed by atoms with E-state index in [0.29, 0.717) is 0 Å². The summed E-state index contributed by atoms with van der Waals surface area (Å²) in [5.41, 5.74) is 0.0594. The molecule has 0 aliphatic heterocycles. The average molecular weight is 311 g/mol. The fraction of sp³-hybridized carbons (Fsp3) is 0.214. The van der Waals surface area contributed by atoms with Crippen LogP contribution in [0.4, 0.5) is 0 Å². The number of aromatic nitrogens is 1. The van der Waals surface area contributed by atoms with Crippen molar-refractivity contribution in [2.24, 2.45) is 0 Å². The van der Waals surface area contributed by atoms with Crippen molar-refractivity contribution in [3.8, 4) is 0 Å². The molecule has 0 fully saturated rings. The molecular formula is C14H15ClN2O2S. The SMILES string of the molecule is CC(C)(NS(=O)(=O)c1ccccc1Cl)c1ccncc1. The Morgan fingerprint density at radius 2 is 1.70 bits per heavy atom. The molecule has 0 spiro atoms. The van der Waals surface area contributed by atoms with Crippen LogP contribution in [0.25, 0.3) is 0 Å². The first kappa shape index (κ1) is 15.0. The smallest absolute Gasteiger partial charge is 0.242 e. The van der Waals surface area contributed by atoms with Crippen LogP contribution in [-0.2, 0) is 15.6 Å². The van der Waals surface area contributed by atoms with Crippen LogP contribution in [0.15, 0.2) is 53.7 Å². The monoisotopic (exact) mass is 310 g/mol. The van der Waals surface area contributed by atoms with Crippen molar-refractivity contribution >= 4 is 21.6 Å². The Labute approximate surface area is 123 Å². The minimum absolute atomic E-state index is 0.0730. The third kappa shape index (κ3) is 3.17. The van der Waals surface area contributed by atoms with Crippen LogP contribution in [0.3, 0.4) is 0 Å². The van der Waals surface area contributed by atoms with Crippen molar-refractivity contribution in [2.45, 2.75) is 24.3 Å². The largest absolute Gasteiger partial charge is 0.265 e. The van der Waals surface area contributed by atoms with E-state index in [1.807, 2.05) is 0 Å². The second-order valence-electron chi connectivity index (χ2n) is 4.90. The lowest BCUT2D eigenvalue weighted by Gasteiger charge is -2.26. The van der Waals surface area contributed by atoms with Crippen LogP contribution >= 0.6 is 11.6 Å². The summed E-state index contributed by atoms with van der Waals surface area (Å²) in [7, 11) is -3.70. The molecule has 1 aromatic carbocycles. The van der Waals surface area contributed by atoms with Gasteiger partial charge in [0, 0.05) is 12.4 Å². The van der Waals surface area contributed by atoms with Crippen molar-refractivity contribution < 1.29 is 8.42 Å². The minimum Gasteiger partial charge on any atom is -0.265 e. The third-order valence-electron chi connectivity index (χ3n) is 2.92. The lowest BCUT2D eigenvalue weighted by Crippen LogP contribution is -2.41. The Balaban J connectivity index is 2.36. The molecule has 1 heterocycles. The summed E-state index contributed by atoms with van der Waals surface area (Å²) in [6.07, 6.45) is 3.25. The molecule has 2 aromatic rings. The van der Waals surface area contributed by atoms with Crippen LogP contribution in [0.5, 0.6) is 0 Å². The zero-order chi connectivity index (χ0) is 14.8. The van der Waals surface area contributed by atoms with Crippen LogP contribution in [0, 0.1) is 0 Å². The molecule has 1 aromatic heterocycles. The zero-order valence-corrected chi connectivity index (χ0v) is 12.7. The van der Waals surface area contributed by atoms with E-state index in [2.05, 4.69) is 9.71 Å². The highest BCUT2D eigenvalue weighted by molar-refractivity contribution is 7.89. The van der Waals surface area contributed by atoms with Gasteiger partial charge in [0.2, 0.25) is 10.0 Å². The number of nitrogens with zero attached hydrogens (tertiary/aromatic N) is 1. The maximum Gasteiger partial charge on any atom is 0.242 e. The van der Waals surface area contributed by atoms with Crippen molar-refractivity contribution in [3.63, 3.8) is 0 Å². The Morgan fingerprint density at radius 3 is 2.30 bits per heavy atom. The molecule has 6 heteroatoms. The van der Waals surface area contributed by atoms with Gasteiger partial charge >= 0.3 is 0 Å².